The average molecular weight is 420 g/mol. The van der Waals surface area contributed by atoms with Gasteiger partial charge in [-0.3, -0.25) is 18.7 Å². The molecule has 2 saturated carbocycles. The molecule has 0 spiro atoms. The average Bonchev–Trinajstić information content (AvgIpc) is 3.36. The standard InChI is InChI=1S/C19H24N4O5S/c1-11(24)20-13-4-6-16(7-5-13)29(26,27)23-15-8-14(9-15)21-19(25)17-10-18(28-22-17)12-2-3-12/h4-7,10,12,14-15,23,26-27H,2-3,8-9H2,1H3,(H,20,24)(H,21,25). The lowest BCUT2D eigenvalue weighted by molar-refractivity contribution is -0.114. The van der Waals surface area contributed by atoms with Crippen LogP contribution < -0.4 is 15.4 Å². The van der Waals surface area contributed by atoms with Crippen LogP contribution in [0.25, 0.3) is 0 Å². The third-order valence-electron chi connectivity index (χ3n) is 5.05. The zero-order chi connectivity index (χ0) is 20.6. The van der Waals surface area contributed by atoms with E-state index in [2.05, 4.69) is 20.5 Å². The molecule has 2 aromatic rings. The summed E-state index contributed by atoms with van der Waals surface area (Å²) in [7, 11) is -3.17. The van der Waals surface area contributed by atoms with Crippen LogP contribution in [-0.4, -0.2) is 38.2 Å². The van der Waals surface area contributed by atoms with Crippen molar-refractivity contribution in [2.75, 3.05) is 5.32 Å². The molecule has 1 aromatic carbocycles. The highest BCUT2D eigenvalue weighted by Crippen LogP contribution is 2.46. The number of carbonyl (C=O) groups excluding carboxylic acids is 2. The number of carbonyl (C=O) groups is 2. The van der Waals surface area contributed by atoms with Gasteiger partial charge < -0.3 is 15.2 Å². The number of rotatable bonds is 7. The monoisotopic (exact) mass is 420 g/mol. The van der Waals surface area contributed by atoms with Crippen molar-refractivity contribution in [3.8, 4) is 0 Å². The highest BCUT2D eigenvalue weighted by molar-refractivity contribution is 8.22. The van der Waals surface area contributed by atoms with Gasteiger partial charge in [-0.15, -0.1) is 10.8 Å². The van der Waals surface area contributed by atoms with E-state index in [4.69, 9.17) is 4.52 Å². The molecular formula is C19H24N4O5S. The Hall–Kier alpha value is -2.40. The molecule has 0 bridgehead atoms. The van der Waals surface area contributed by atoms with Crippen molar-refractivity contribution < 1.29 is 23.2 Å². The van der Waals surface area contributed by atoms with Crippen LogP contribution >= 0.6 is 10.8 Å². The Kier molecular flexibility index (Phi) is 5.34. The second-order valence-electron chi connectivity index (χ2n) is 7.60. The second-order valence-corrected chi connectivity index (χ2v) is 9.40. The molecule has 1 heterocycles. The lowest BCUT2D eigenvalue weighted by atomic mass is 9.87. The first-order valence-corrected chi connectivity index (χ1v) is 11.1. The van der Waals surface area contributed by atoms with Crippen LogP contribution in [0.3, 0.4) is 0 Å². The van der Waals surface area contributed by atoms with Crippen molar-refractivity contribution in [3.05, 3.63) is 41.8 Å². The maximum Gasteiger partial charge on any atom is 0.273 e. The molecule has 29 heavy (non-hydrogen) atoms. The quantitative estimate of drug-likeness (QED) is 0.464. The van der Waals surface area contributed by atoms with E-state index in [1.54, 1.807) is 30.3 Å². The third-order valence-corrected chi connectivity index (χ3v) is 6.64. The van der Waals surface area contributed by atoms with Gasteiger partial charge in [0.2, 0.25) is 5.91 Å². The number of anilines is 1. The van der Waals surface area contributed by atoms with Crippen molar-refractivity contribution in [1.82, 2.24) is 15.2 Å². The van der Waals surface area contributed by atoms with E-state index in [1.165, 1.54) is 6.92 Å². The minimum absolute atomic E-state index is 0.0570. The molecule has 0 radical (unpaired) electrons. The molecule has 10 heteroatoms. The molecule has 2 fully saturated rings. The van der Waals surface area contributed by atoms with Gasteiger partial charge in [-0.25, -0.2) is 4.72 Å². The Balaban J connectivity index is 1.25. The van der Waals surface area contributed by atoms with Gasteiger partial charge in [0.1, 0.15) is 5.76 Å². The van der Waals surface area contributed by atoms with Crippen LogP contribution in [0, 0.1) is 0 Å². The Morgan fingerprint density at radius 3 is 2.45 bits per heavy atom. The zero-order valence-electron chi connectivity index (χ0n) is 15.9. The minimum Gasteiger partial charge on any atom is -0.360 e. The lowest BCUT2D eigenvalue weighted by Crippen LogP contribution is -2.52. The highest BCUT2D eigenvalue weighted by Gasteiger charge is 2.35. The first-order chi connectivity index (χ1) is 13.8. The number of nitrogens with zero attached hydrogens (tertiary/aromatic N) is 1. The molecule has 156 valence electrons. The summed E-state index contributed by atoms with van der Waals surface area (Å²) in [6.45, 7) is 1.41. The predicted octanol–water partition coefficient (Wildman–Crippen LogP) is 3.09. The summed E-state index contributed by atoms with van der Waals surface area (Å²) in [5.41, 5.74) is 0.868. The highest BCUT2D eigenvalue weighted by atomic mass is 32.3. The maximum absolute atomic E-state index is 12.2. The molecule has 0 unspecified atom stereocenters. The maximum atomic E-state index is 12.2. The first kappa shape index (κ1) is 19.9. The predicted molar refractivity (Wildman–Crippen MR) is 108 cm³/mol. The van der Waals surface area contributed by atoms with E-state index in [-0.39, 0.29) is 29.6 Å². The molecule has 0 saturated heterocycles. The molecule has 4 rings (SSSR count). The van der Waals surface area contributed by atoms with Crippen molar-refractivity contribution >= 4 is 28.3 Å². The Bertz CT molecular complexity index is 904. The van der Waals surface area contributed by atoms with E-state index in [1.807, 2.05) is 0 Å². The molecule has 2 amide bonds. The normalized spacial score (nSPS) is 21.9. The number of nitrogens with one attached hydrogen (secondary N) is 3. The molecule has 9 nitrogen and oxygen atoms in total. The van der Waals surface area contributed by atoms with E-state index in [9.17, 15) is 18.7 Å². The Labute approximate surface area is 169 Å². The van der Waals surface area contributed by atoms with Gasteiger partial charge in [0.15, 0.2) is 5.69 Å². The molecule has 5 N–H and O–H groups in total. The Morgan fingerprint density at radius 1 is 1.14 bits per heavy atom. The summed E-state index contributed by atoms with van der Waals surface area (Å²) in [5.74, 6) is 0.698. The second kappa shape index (κ2) is 7.79. The van der Waals surface area contributed by atoms with Crippen molar-refractivity contribution in [1.29, 1.82) is 0 Å². The summed E-state index contributed by atoms with van der Waals surface area (Å²) in [4.78, 5) is 23.7. The van der Waals surface area contributed by atoms with Crippen LogP contribution in [0.5, 0.6) is 0 Å². The lowest BCUT2D eigenvalue weighted by Gasteiger charge is -2.43. The summed E-state index contributed by atoms with van der Waals surface area (Å²) < 4.78 is 28.9. The summed E-state index contributed by atoms with van der Waals surface area (Å²) in [5, 5.41) is 9.35. The van der Waals surface area contributed by atoms with Gasteiger partial charge >= 0.3 is 0 Å². The molecule has 2 aliphatic carbocycles. The van der Waals surface area contributed by atoms with E-state index in [0.717, 1.165) is 18.6 Å². The fourth-order valence-electron chi connectivity index (χ4n) is 3.28. The SMILES string of the molecule is CC(=O)Nc1ccc(S(O)(O)NC2CC(NC(=O)c3cc(C4CC4)on3)C2)cc1. The molecular weight excluding hydrogens is 396 g/mol. The van der Waals surface area contributed by atoms with Crippen LogP contribution in [0.4, 0.5) is 5.69 Å². The van der Waals surface area contributed by atoms with E-state index >= 15 is 0 Å². The van der Waals surface area contributed by atoms with Crippen molar-refractivity contribution in [2.45, 2.75) is 55.5 Å². The van der Waals surface area contributed by atoms with Crippen LogP contribution in [0.15, 0.2) is 39.8 Å². The Morgan fingerprint density at radius 2 is 1.83 bits per heavy atom. The third kappa shape index (κ3) is 4.78. The van der Waals surface area contributed by atoms with Gasteiger partial charge in [0, 0.05) is 36.7 Å². The minimum atomic E-state index is -3.17. The molecule has 2 aliphatic rings. The van der Waals surface area contributed by atoms with Gasteiger partial charge in [-0.1, -0.05) is 5.16 Å². The van der Waals surface area contributed by atoms with Gasteiger partial charge in [0.05, 0.1) is 4.90 Å². The van der Waals surface area contributed by atoms with Crippen LogP contribution in [0.2, 0.25) is 0 Å². The van der Waals surface area contributed by atoms with Crippen molar-refractivity contribution in [3.63, 3.8) is 0 Å². The number of hydrogen-bond donors (Lipinski definition) is 5. The van der Waals surface area contributed by atoms with Gasteiger partial charge in [0.25, 0.3) is 5.91 Å². The van der Waals surface area contributed by atoms with E-state index in [0.29, 0.717) is 29.3 Å². The van der Waals surface area contributed by atoms with Crippen LogP contribution in [-0.2, 0) is 4.79 Å². The van der Waals surface area contributed by atoms with Gasteiger partial charge in [-0.05, 0) is 49.9 Å². The van der Waals surface area contributed by atoms with Crippen LogP contribution in [0.1, 0.15) is 54.8 Å². The fourth-order valence-corrected chi connectivity index (χ4v) is 4.59. The molecule has 1 aromatic heterocycles. The summed E-state index contributed by atoms with van der Waals surface area (Å²) >= 11 is 0. The van der Waals surface area contributed by atoms with Gasteiger partial charge in [-0.2, -0.15) is 0 Å². The number of benzene rings is 1. The topological polar surface area (TPSA) is 137 Å². The summed E-state index contributed by atoms with van der Waals surface area (Å²) in [6, 6.07) is 7.87. The van der Waals surface area contributed by atoms with E-state index < -0.39 is 10.8 Å². The zero-order valence-corrected chi connectivity index (χ0v) is 16.7. The molecule has 0 aliphatic heterocycles. The summed E-state index contributed by atoms with van der Waals surface area (Å²) in [6.07, 6.45) is 3.32. The fraction of sp³-hybridized carbons (Fsp3) is 0.421. The first-order valence-electron chi connectivity index (χ1n) is 9.51. The number of hydrogen-bond acceptors (Lipinski definition) is 7. The molecule has 0 atom stereocenters. The van der Waals surface area contributed by atoms with Crippen molar-refractivity contribution in [2.24, 2.45) is 0 Å². The number of amides is 2. The number of aromatic nitrogens is 1. The largest absolute Gasteiger partial charge is 0.360 e. The smallest absolute Gasteiger partial charge is 0.273 e.